The van der Waals surface area contributed by atoms with E-state index in [1.807, 2.05) is 18.2 Å². The summed E-state index contributed by atoms with van der Waals surface area (Å²) < 4.78 is 0. The molecule has 4 rings (SSSR count). The second-order valence-electron chi connectivity index (χ2n) is 7.64. The van der Waals surface area contributed by atoms with Gasteiger partial charge in [0.1, 0.15) is 5.82 Å². The Hall–Kier alpha value is -3.48. The van der Waals surface area contributed by atoms with Crippen LogP contribution in [0.15, 0.2) is 47.5 Å². The molecule has 3 heterocycles. The van der Waals surface area contributed by atoms with E-state index in [-0.39, 0.29) is 17.9 Å². The number of nitrogens with one attached hydrogen (secondary N) is 2. The molecule has 30 heavy (non-hydrogen) atoms. The molecule has 1 aliphatic rings. The highest BCUT2D eigenvalue weighted by Crippen LogP contribution is 2.26. The molecule has 1 fully saturated rings. The highest BCUT2D eigenvalue weighted by Gasteiger charge is 2.16. The number of benzene rings is 1. The van der Waals surface area contributed by atoms with Crippen molar-refractivity contribution in [1.29, 1.82) is 0 Å². The van der Waals surface area contributed by atoms with Gasteiger partial charge in [0, 0.05) is 53.7 Å². The van der Waals surface area contributed by atoms with Gasteiger partial charge in [0.2, 0.25) is 5.91 Å². The van der Waals surface area contributed by atoms with Gasteiger partial charge in [0.25, 0.3) is 5.56 Å². The number of aryl methyl sites for hydroxylation is 2. The molecule has 2 aromatic heterocycles. The molecule has 154 valence electrons. The number of aromatic amines is 1. The fourth-order valence-electron chi connectivity index (χ4n) is 3.87. The van der Waals surface area contributed by atoms with Crippen LogP contribution in [0.3, 0.4) is 0 Å². The third-order valence-corrected chi connectivity index (χ3v) is 5.42. The van der Waals surface area contributed by atoms with E-state index in [2.05, 4.69) is 38.2 Å². The average molecular weight is 403 g/mol. The van der Waals surface area contributed by atoms with Gasteiger partial charge in [-0.25, -0.2) is 4.98 Å². The van der Waals surface area contributed by atoms with E-state index in [9.17, 15) is 9.59 Å². The number of aromatic nitrogens is 3. The summed E-state index contributed by atoms with van der Waals surface area (Å²) in [7, 11) is 0. The van der Waals surface area contributed by atoms with Gasteiger partial charge in [-0.2, -0.15) is 0 Å². The zero-order valence-electron chi connectivity index (χ0n) is 17.2. The predicted molar refractivity (Wildman–Crippen MR) is 118 cm³/mol. The molecule has 3 aromatic rings. The van der Waals surface area contributed by atoms with E-state index in [1.54, 1.807) is 25.4 Å². The molecule has 0 spiro atoms. The third kappa shape index (κ3) is 4.25. The highest BCUT2D eigenvalue weighted by molar-refractivity contribution is 5.92. The Morgan fingerprint density at radius 3 is 2.67 bits per heavy atom. The van der Waals surface area contributed by atoms with Crippen LogP contribution >= 0.6 is 0 Å². The van der Waals surface area contributed by atoms with Gasteiger partial charge < -0.3 is 15.2 Å². The predicted octanol–water partition coefficient (Wildman–Crippen LogP) is 3.23. The van der Waals surface area contributed by atoms with Crippen molar-refractivity contribution in [2.24, 2.45) is 0 Å². The van der Waals surface area contributed by atoms with Gasteiger partial charge in [-0.1, -0.05) is 0 Å². The minimum atomic E-state index is -0.308. The summed E-state index contributed by atoms with van der Waals surface area (Å²) in [5, 5.41) is 2.90. The maximum absolute atomic E-state index is 12.6. The van der Waals surface area contributed by atoms with Crippen molar-refractivity contribution in [1.82, 2.24) is 15.0 Å². The van der Waals surface area contributed by atoms with Crippen LogP contribution in [0.1, 0.15) is 29.7 Å². The Morgan fingerprint density at radius 2 is 2.00 bits per heavy atom. The average Bonchev–Trinajstić information content (AvgIpc) is 3.26. The van der Waals surface area contributed by atoms with Crippen molar-refractivity contribution in [3.8, 4) is 11.4 Å². The number of H-pyrrole nitrogens is 1. The molecule has 0 aliphatic carbocycles. The Balaban J connectivity index is 1.48. The van der Waals surface area contributed by atoms with Crippen LogP contribution in [-0.2, 0) is 11.2 Å². The fraction of sp³-hybridized carbons (Fsp3) is 0.304. The van der Waals surface area contributed by atoms with Crippen LogP contribution in [0.2, 0.25) is 0 Å². The summed E-state index contributed by atoms with van der Waals surface area (Å²) in [6, 6.07) is 9.55. The number of hydrogen-bond donors (Lipinski definition) is 2. The molecule has 0 bridgehead atoms. The van der Waals surface area contributed by atoms with E-state index in [4.69, 9.17) is 0 Å². The fourth-order valence-corrected chi connectivity index (χ4v) is 3.87. The maximum Gasteiger partial charge on any atom is 0.255 e. The lowest BCUT2D eigenvalue weighted by Gasteiger charge is -2.20. The lowest BCUT2D eigenvalue weighted by Crippen LogP contribution is -2.24. The summed E-state index contributed by atoms with van der Waals surface area (Å²) in [5.41, 5.74) is 4.40. The smallest absolute Gasteiger partial charge is 0.255 e. The molecule has 0 atom stereocenters. The number of hydrogen-bond acceptors (Lipinski definition) is 5. The summed E-state index contributed by atoms with van der Waals surface area (Å²) in [5.74, 6) is 0.204. The van der Waals surface area contributed by atoms with Gasteiger partial charge in [0.15, 0.2) is 0 Å². The van der Waals surface area contributed by atoms with Gasteiger partial charge in [-0.3, -0.25) is 14.6 Å². The third-order valence-electron chi connectivity index (χ3n) is 5.42. The second-order valence-corrected chi connectivity index (χ2v) is 7.64. The summed E-state index contributed by atoms with van der Waals surface area (Å²) in [6.07, 6.45) is 5.71. The molecule has 7 nitrogen and oxygen atoms in total. The SMILES string of the molecule is Cc1cc(NC(=O)Cc2c(C)nc(-c3cccnc3)[nH]c2=O)ccc1N1CCCC1. The molecule has 1 amide bonds. The minimum absolute atomic E-state index is 0.0333. The molecule has 2 N–H and O–H groups in total. The Labute approximate surface area is 175 Å². The van der Waals surface area contributed by atoms with E-state index in [1.165, 1.54) is 18.5 Å². The van der Waals surface area contributed by atoms with Crippen molar-refractivity contribution < 1.29 is 4.79 Å². The molecule has 0 radical (unpaired) electrons. The van der Waals surface area contributed by atoms with Crippen LogP contribution in [-0.4, -0.2) is 33.9 Å². The van der Waals surface area contributed by atoms with Gasteiger partial charge in [-0.15, -0.1) is 0 Å². The number of pyridine rings is 1. The maximum atomic E-state index is 12.6. The van der Waals surface area contributed by atoms with E-state index < -0.39 is 0 Å². The summed E-state index contributed by atoms with van der Waals surface area (Å²) in [6.45, 7) is 5.96. The van der Waals surface area contributed by atoms with E-state index in [0.29, 0.717) is 17.1 Å². The monoisotopic (exact) mass is 403 g/mol. The number of carbonyl (C=O) groups is 1. The molecule has 7 heteroatoms. The van der Waals surface area contributed by atoms with Crippen molar-refractivity contribution in [3.05, 3.63) is 69.9 Å². The van der Waals surface area contributed by atoms with Crippen molar-refractivity contribution in [2.75, 3.05) is 23.3 Å². The lowest BCUT2D eigenvalue weighted by molar-refractivity contribution is -0.115. The Kier molecular flexibility index (Phi) is 5.61. The first-order chi connectivity index (χ1) is 14.5. The van der Waals surface area contributed by atoms with Crippen LogP contribution < -0.4 is 15.8 Å². The first-order valence-corrected chi connectivity index (χ1v) is 10.2. The van der Waals surface area contributed by atoms with Crippen molar-refractivity contribution in [3.63, 3.8) is 0 Å². The Bertz CT molecular complexity index is 1120. The minimum Gasteiger partial charge on any atom is -0.371 e. The number of nitrogens with zero attached hydrogens (tertiary/aromatic N) is 3. The number of anilines is 2. The highest BCUT2D eigenvalue weighted by atomic mass is 16.2. The largest absolute Gasteiger partial charge is 0.371 e. The van der Waals surface area contributed by atoms with Gasteiger partial charge >= 0.3 is 0 Å². The van der Waals surface area contributed by atoms with Crippen molar-refractivity contribution >= 4 is 17.3 Å². The molecular formula is C23H25N5O2. The quantitative estimate of drug-likeness (QED) is 0.683. The zero-order valence-corrected chi connectivity index (χ0v) is 17.2. The van der Waals surface area contributed by atoms with Crippen LogP contribution in [0, 0.1) is 13.8 Å². The van der Waals surface area contributed by atoms with Gasteiger partial charge in [-0.05, 0) is 62.6 Å². The summed E-state index contributed by atoms with van der Waals surface area (Å²) >= 11 is 0. The summed E-state index contributed by atoms with van der Waals surface area (Å²) in [4.78, 5) is 38.8. The second kappa shape index (κ2) is 8.49. The van der Waals surface area contributed by atoms with Crippen LogP contribution in [0.25, 0.3) is 11.4 Å². The van der Waals surface area contributed by atoms with E-state index >= 15 is 0 Å². The molecule has 0 unspecified atom stereocenters. The molecule has 1 aliphatic heterocycles. The number of amides is 1. The van der Waals surface area contributed by atoms with Crippen molar-refractivity contribution in [2.45, 2.75) is 33.1 Å². The van der Waals surface area contributed by atoms with E-state index in [0.717, 1.165) is 29.9 Å². The standard InChI is InChI=1S/C23H25N5O2/c1-15-12-18(7-8-20(15)28-10-3-4-11-28)26-21(29)13-19-16(2)25-22(27-23(19)30)17-6-5-9-24-14-17/h5-9,12,14H,3-4,10-11,13H2,1-2H3,(H,26,29)(H,25,27,30). The lowest BCUT2D eigenvalue weighted by atomic mass is 10.1. The normalized spacial score (nSPS) is 13.5. The first-order valence-electron chi connectivity index (χ1n) is 10.2. The zero-order chi connectivity index (χ0) is 21.1. The van der Waals surface area contributed by atoms with Crippen LogP contribution in [0.5, 0.6) is 0 Å². The first kappa shape index (κ1) is 19.8. The van der Waals surface area contributed by atoms with Crippen LogP contribution in [0.4, 0.5) is 11.4 Å². The number of rotatable bonds is 5. The molecule has 0 saturated carbocycles. The topological polar surface area (TPSA) is 91.0 Å². The van der Waals surface area contributed by atoms with Gasteiger partial charge in [0.05, 0.1) is 6.42 Å². The molecule has 1 saturated heterocycles. The number of carbonyl (C=O) groups excluding carboxylic acids is 1. The molecular weight excluding hydrogens is 378 g/mol. The molecule has 1 aromatic carbocycles. The Morgan fingerprint density at radius 1 is 1.20 bits per heavy atom.